The topological polar surface area (TPSA) is 112 Å². The average molecular weight is 437 g/mol. The lowest BCUT2D eigenvalue weighted by Crippen LogP contribution is -2.27. The van der Waals surface area contributed by atoms with E-state index in [0.717, 1.165) is 12.8 Å². The number of hydrogen-bond acceptors (Lipinski definition) is 6. The summed E-state index contributed by atoms with van der Waals surface area (Å²) in [5.74, 6) is -0.257. The quantitative estimate of drug-likeness (QED) is 0.508. The Balaban J connectivity index is 1.61. The Morgan fingerprint density at radius 2 is 1.90 bits per heavy atom. The number of carbonyl (C=O) groups excluding carboxylic acids is 1. The van der Waals surface area contributed by atoms with E-state index in [9.17, 15) is 18.0 Å². The number of nitrogens with one attached hydrogen (secondary N) is 2. The van der Waals surface area contributed by atoms with Gasteiger partial charge in [0.1, 0.15) is 0 Å². The number of aryl methyl sites for hydroxylation is 1. The van der Waals surface area contributed by atoms with E-state index in [0.29, 0.717) is 35.2 Å². The molecule has 0 atom stereocenters. The number of H-pyrrole nitrogens is 1. The van der Waals surface area contributed by atoms with Crippen LogP contribution in [0.4, 0.5) is 5.69 Å². The highest BCUT2D eigenvalue weighted by Crippen LogP contribution is 2.22. The van der Waals surface area contributed by atoms with E-state index in [2.05, 4.69) is 15.3 Å². The number of nitrogens with zero attached hydrogens (tertiary/aromatic N) is 2. The monoisotopic (exact) mass is 436 g/mol. The minimum Gasteiger partial charge on any atom is -0.326 e. The molecule has 2 heterocycles. The number of anilines is 1. The molecule has 0 aliphatic carbocycles. The van der Waals surface area contributed by atoms with Crippen LogP contribution in [0.15, 0.2) is 39.1 Å². The van der Waals surface area contributed by atoms with Crippen LogP contribution >= 0.6 is 11.8 Å². The van der Waals surface area contributed by atoms with Crippen LogP contribution in [0, 0.1) is 6.92 Å². The summed E-state index contributed by atoms with van der Waals surface area (Å²) in [6.07, 6.45) is 3.98. The van der Waals surface area contributed by atoms with Gasteiger partial charge in [-0.1, -0.05) is 11.8 Å². The van der Waals surface area contributed by atoms with Gasteiger partial charge in [-0.25, -0.2) is 13.4 Å². The number of sulfonamides is 1. The molecule has 1 aromatic heterocycles. The maximum atomic E-state index is 12.5. The van der Waals surface area contributed by atoms with Crippen LogP contribution in [0.2, 0.25) is 0 Å². The lowest BCUT2D eigenvalue weighted by atomic mass is 10.1. The Morgan fingerprint density at radius 1 is 1.24 bits per heavy atom. The van der Waals surface area contributed by atoms with Gasteiger partial charge in [-0.2, -0.15) is 4.31 Å². The molecule has 1 amide bonds. The number of aromatic nitrogens is 2. The number of aromatic amines is 1. The van der Waals surface area contributed by atoms with E-state index in [-0.39, 0.29) is 29.2 Å². The molecule has 156 valence electrons. The summed E-state index contributed by atoms with van der Waals surface area (Å²) in [6.45, 7) is 2.85. The first kappa shape index (κ1) is 21.5. The van der Waals surface area contributed by atoms with Crippen LogP contribution in [0.5, 0.6) is 0 Å². The Hall–Kier alpha value is -2.17. The van der Waals surface area contributed by atoms with E-state index in [1.54, 1.807) is 19.1 Å². The summed E-state index contributed by atoms with van der Waals surface area (Å²) in [5, 5.41) is 3.28. The van der Waals surface area contributed by atoms with Crippen molar-refractivity contribution in [3.05, 3.63) is 45.9 Å². The van der Waals surface area contributed by atoms with Crippen LogP contribution in [0.25, 0.3) is 0 Å². The van der Waals surface area contributed by atoms with Crippen molar-refractivity contribution in [3.8, 4) is 0 Å². The van der Waals surface area contributed by atoms with Crippen molar-refractivity contribution >= 4 is 33.4 Å². The third kappa shape index (κ3) is 5.06. The van der Waals surface area contributed by atoms with Crippen LogP contribution in [-0.4, -0.2) is 47.9 Å². The zero-order valence-corrected chi connectivity index (χ0v) is 18.0. The molecule has 0 radical (unpaired) electrons. The van der Waals surface area contributed by atoms with Gasteiger partial charge in [-0.05, 0) is 56.7 Å². The van der Waals surface area contributed by atoms with Gasteiger partial charge in [0.05, 0.1) is 4.90 Å². The van der Waals surface area contributed by atoms with E-state index in [1.807, 2.05) is 6.26 Å². The van der Waals surface area contributed by atoms with E-state index >= 15 is 0 Å². The lowest BCUT2D eigenvalue weighted by molar-refractivity contribution is -0.116. The van der Waals surface area contributed by atoms with Crippen LogP contribution < -0.4 is 10.9 Å². The minimum atomic E-state index is -3.47. The maximum absolute atomic E-state index is 12.5. The standard InChI is InChI=1S/C19H24N4O4S2/c1-13-16(18(25)22-19(20-13)28-2)9-10-17(24)21-14-5-7-15(8-6-14)29(26,27)23-11-3-4-12-23/h5-8H,3-4,9-12H2,1-2H3,(H,21,24)(H,20,22,25). The number of rotatable bonds is 7. The molecule has 0 bridgehead atoms. The van der Waals surface area contributed by atoms with Gasteiger partial charge in [-0.3, -0.25) is 9.59 Å². The predicted molar refractivity (Wildman–Crippen MR) is 113 cm³/mol. The third-order valence-corrected chi connectivity index (χ3v) is 7.33. The smallest absolute Gasteiger partial charge is 0.254 e. The Labute approximate surface area is 174 Å². The molecule has 3 rings (SSSR count). The molecule has 0 unspecified atom stereocenters. The van der Waals surface area contributed by atoms with Crippen molar-refractivity contribution in [2.24, 2.45) is 0 Å². The molecule has 1 saturated heterocycles. The third-order valence-electron chi connectivity index (χ3n) is 4.84. The van der Waals surface area contributed by atoms with Gasteiger partial charge in [0, 0.05) is 36.5 Å². The van der Waals surface area contributed by atoms with Crippen LogP contribution in [-0.2, 0) is 21.2 Å². The summed E-state index contributed by atoms with van der Waals surface area (Å²) >= 11 is 1.35. The van der Waals surface area contributed by atoms with Crippen molar-refractivity contribution in [2.45, 2.75) is 42.7 Å². The molecule has 1 aliphatic heterocycles. The fourth-order valence-corrected chi connectivity index (χ4v) is 5.17. The molecule has 0 spiro atoms. The molecule has 2 N–H and O–H groups in total. The molecule has 10 heteroatoms. The molecule has 29 heavy (non-hydrogen) atoms. The highest BCUT2D eigenvalue weighted by molar-refractivity contribution is 7.98. The number of carbonyl (C=O) groups is 1. The fourth-order valence-electron chi connectivity index (χ4n) is 3.23. The van der Waals surface area contributed by atoms with Crippen LogP contribution in [0.1, 0.15) is 30.5 Å². The van der Waals surface area contributed by atoms with Gasteiger partial charge in [0.15, 0.2) is 5.16 Å². The van der Waals surface area contributed by atoms with Gasteiger partial charge in [0.25, 0.3) is 5.56 Å². The average Bonchev–Trinajstić information content (AvgIpc) is 3.23. The number of benzene rings is 1. The second kappa shape index (κ2) is 9.10. The molecule has 8 nitrogen and oxygen atoms in total. The van der Waals surface area contributed by atoms with E-state index in [4.69, 9.17) is 0 Å². The first-order valence-electron chi connectivity index (χ1n) is 9.35. The first-order chi connectivity index (χ1) is 13.8. The molecule has 1 aromatic carbocycles. The number of hydrogen-bond donors (Lipinski definition) is 2. The number of thioether (sulfide) groups is 1. The van der Waals surface area contributed by atoms with Gasteiger partial charge in [0.2, 0.25) is 15.9 Å². The summed E-state index contributed by atoms with van der Waals surface area (Å²) < 4.78 is 26.6. The SMILES string of the molecule is CSc1nc(C)c(CCC(=O)Nc2ccc(S(=O)(=O)N3CCCC3)cc2)c(=O)[nH]1. The van der Waals surface area contributed by atoms with Crippen molar-refractivity contribution in [3.63, 3.8) is 0 Å². The Morgan fingerprint density at radius 3 is 2.48 bits per heavy atom. The highest BCUT2D eigenvalue weighted by Gasteiger charge is 2.26. The number of amides is 1. The normalized spacial score (nSPS) is 14.8. The summed E-state index contributed by atoms with van der Waals surface area (Å²) in [5.41, 5.74) is 1.38. The summed E-state index contributed by atoms with van der Waals surface area (Å²) in [7, 11) is -3.47. The van der Waals surface area contributed by atoms with Gasteiger partial charge in [-0.15, -0.1) is 0 Å². The van der Waals surface area contributed by atoms with Crippen molar-refractivity contribution in [2.75, 3.05) is 24.7 Å². The Bertz CT molecular complexity index is 1040. The Kier molecular flexibility index (Phi) is 6.76. The first-order valence-corrected chi connectivity index (χ1v) is 12.0. The van der Waals surface area contributed by atoms with Gasteiger partial charge >= 0.3 is 0 Å². The highest BCUT2D eigenvalue weighted by atomic mass is 32.2. The molecule has 1 fully saturated rings. The van der Waals surface area contributed by atoms with Gasteiger partial charge < -0.3 is 10.3 Å². The fraction of sp³-hybridized carbons (Fsp3) is 0.421. The second-order valence-corrected chi connectivity index (χ2v) is 9.56. The summed E-state index contributed by atoms with van der Waals surface area (Å²) in [4.78, 5) is 31.6. The zero-order chi connectivity index (χ0) is 21.0. The summed E-state index contributed by atoms with van der Waals surface area (Å²) in [6, 6.07) is 6.16. The molecular weight excluding hydrogens is 412 g/mol. The molecular formula is C19H24N4O4S2. The zero-order valence-electron chi connectivity index (χ0n) is 16.4. The molecule has 0 saturated carbocycles. The molecule has 2 aromatic rings. The predicted octanol–water partition coefficient (Wildman–Crippen LogP) is 2.16. The van der Waals surface area contributed by atoms with Crippen LogP contribution in [0.3, 0.4) is 0 Å². The maximum Gasteiger partial charge on any atom is 0.254 e. The second-order valence-electron chi connectivity index (χ2n) is 6.82. The van der Waals surface area contributed by atoms with Crippen molar-refractivity contribution in [1.82, 2.24) is 14.3 Å². The minimum absolute atomic E-state index is 0.123. The molecule has 1 aliphatic rings. The van der Waals surface area contributed by atoms with E-state index < -0.39 is 10.0 Å². The largest absolute Gasteiger partial charge is 0.326 e. The van der Waals surface area contributed by atoms with Crippen molar-refractivity contribution in [1.29, 1.82) is 0 Å². The van der Waals surface area contributed by atoms with E-state index in [1.165, 1.54) is 28.2 Å². The van der Waals surface area contributed by atoms with Crippen molar-refractivity contribution < 1.29 is 13.2 Å². The lowest BCUT2D eigenvalue weighted by Gasteiger charge is -2.15.